The Bertz CT molecular complexity index is 305. The average molecular weight is 222 g/mol. The van der Waals surface area contributed by atoms with Gasteiger partial charge in [0.15, 0.2) is 0 Å². The highest BCUT2D eigenvalue weighted by Gasteiger charge is 2.66. The van der Waals surface area contributed by atoms with Crippen LogP contribution in [0.3, 0.4) is 0 Å². The summed E-state index contributed by atoms with van der Waals surface area (Å²) in [6, 6.07) is 0. The van der Waals surface area contributed by atoms with Gasteiger partial charge in [-0.2, -0.15) is 0 Å². The van der Waals surface area contributed by atoms with E-state index in [1.165, 1.54) is 19.3 Å². The molecular weight excluding hydrogens is 196 g/mol. The highest BCUT2D eigenvalue weighted by molar-refractivity contribution is 5.14. The highest BCUT2D eigenvalue weighted by atomic mass is 16.3. The van der Waals surface area contributed by atoms with E-state index in [-0.39, 0.29) is 5.60 Å². The Hall–Kier alpha value is -0.0400. The summed E-state index contributed by atoms with van der Waals surface area (Å²) in [6.07, 6.45) is 4.89. The summed E-state index contributed by atoms with van der Waals surface area (Å²) in [5, 5.41) is 10.7. The van der Waals surface area contributed by atoms with E-state index < -0.39 is 0 Å². The van der Waals surface area contributed by atoms with E-state index in [4.69, 9.17) is 0 Å². The quantitative estimate of drug-likeness (QED) is 0.665. The summed E-state index contributed by atoms with van der Waals surface area (Å²) in [5.41, 5.74) is 0.191. The average Bonchev–Trinajstić information content (AvgIpc) is 2.51. The minimum atomic E-state index is -0.376. The molecule has 0 spiro atoms. The van der Waals surface area contributed by atoms with Crippen LogP contribution < -0.4 is 0 Å². The Kier molecular flexibility index (Phi) is 2.11. The lowest BCUT2D eigenvalue weighted by Gasteiger charge is -2.35. The summed E-state index contributed by atoms with van der Waals surface area (Å²) in [5.74, 6) is 4.03. The molecule has 0 bridgehead atoms. The zero-order valence-electron chi connectivity index (χ0n) is 11.2. The van der Waals surface area contributed by atoms with Crippen LogP contribution in [0, 0.1) is 35.0 Å². The minimum Gasteiger partial charge on any atom is -0.390 e. The van der Waals surface area contributed by atoms with E-state index in [0.717, 1.165) is 30.1 Å². The molecule has 0 aromatic rings. The molecular formula is C15H26O. The van der Waals surface area contributed by atoms with Gasteiger partial charge in [0.05, 0.1) is 5.60 Å². The second-order valence-electron chi connectivity index (χ2n) is 7.59. The maximum atomic E-state index is 10.7. The molecule has 0 aromatic heterocycles. The molecule has 0 aromatic carbocycles. The van der Waals surface area contributed by atoms with Crippen molar-refractivity contribution in [3.05, 3.63) is 0 Å². The van der Waals surface area contributed by atoms with Gasteiger partial charge in [-0.15, -0.1) is 0 Å². The first kappa shape index (κ1) is 11.1. The maximum Gasteiger partial charge on any atom is 0.0650 e. The lowest BCUT2D eigenvalue weighted by Crippen LogP contribution is -2.38. The van der Waals surface area contributed by atoms with Gasteiger partial charge in [0.2, 0.25) is 0 Å². The van der Waals surface area contributed by atoms with Gasteiger partial charge in [0.25, 0.3) is 0 Å². The molecule has 3 aliphatic rings. The molecule has 0 aliphatic heterocycles. The summed E-state index contributed by atoms with van der Waals surface area (Å²) in [4.78, 5) is 0. The molecule has 3 saturated carbocycles. The molecule has 92 valence electrons. The highest BCUT2D eigenvalue weighted by Crippen LogP contribution is 2.71. The Morgan fingerprint density at radius 3 is 2.38 bits per heavy atom. The monoisotopic (exact) mass is 222 g/mol. The van der Waals surface area contributed by atoms with Crippen molar-refractivity contribution < 1.29 is 5.11 Å². The van der Waals surface area contributed by atoms with Crippen molar-refractivity contribution in [2.24, 2.45) is 35.0 Å². The van der Waals surface area contributed by atoms with Crippen molar-refractivity contribution in [3.8, 4) is 0 Å². The third-order valence-corrected chi connectivity index (χ3v) is 6.37. The molecule has 3 fully saturated rings. The topological polar surface area (TPSA) is 20.2 Å². The number of fused-ring (bicyclic) bond motifs is 3. The van der Waals surface area contributed by atoms with Crippen molar-refractivity contribution in [1.29, 1.82) is 0 Å². The van der Waals surface area contributed by atoms with Crippen LogP contribution in [0.25, 0.3) is 0 Å². The molecule has 3 rings (SSSR count). The summed E-state index contributed by atoms with van der Waals surface area (Å²) >= 11 is 0. The van der Waals surface area contributed by atoms with Gasteiger partial charge in [-0.1, -0.05) is 27.2 Å². The number of rotatable bonds is 0. The van der Waals surface area contributed by atoms with Gasteiger partial charge in [-0.05, 0) is 61.2 Å². The zero-order chi connectivity index (χ0) is 11.7. The lowest BCUT2D eigenvalue weighted by molar-refractivity contribution is -0.0302. The number of hydrogen-bond acceptors (Lipinski definition) is 1. The van der Waals surface area contributed by atoms with Gasteiger partial charge < -0.3 is 5.11 Å². The van der Waals surface area contributed by atoms with Crippen molar-refractivity contribution in [2.45, 2.75) is 59.0 Å². The first-order valence-corrected chi connectivity index (χ1v) is 7.08. The van der Waals surface area contributed by atoms with Crippen molar-refractivity contribution in [3.63, 3.8) is 0 Å². The SMILES string of the molecule is C[C@H]1CC[C@H]2[C@@H]1[C@@H]1[C@@H](CC[C@]2(C)O)C1(C)C. The molecule has 0 saturated heterocycles. The smallest absolute Gasteiger partial charge is 0.0650 e. The van der Waals surface area contributed by atoms with Gasteiger partial charge in [-0.3, -0.25) is 0 Å². The maximum absolute atomic E-state index is 10.7. The third-order valence-electron chi connectivity index (χ3n) is 6.37. The molecule has 0 unspecified atom stereocenters. The summed E-state index contributed by atoms with van der Waals surface area (Å²) in [6.45, 7) is 9.41. The van der Waals surface area contributed by atoms with E-state index in [0.29, 0.717) is 11.3 Å². The summed E-state index contributed by atoms with van der Waals surface area (Å²) in [7, 11) is 0. The number of aliphatic hydroxyl groups is 1. The first-order chi connectivity index (χ1) is 7.36. The standard InChI is InChI=1S/C15H26O/c1-9-5-6-10-12(9)13-11(14(13,2)3)7-8-15(10,4)16/h9-13,16H,5-8H2,1-4H3/t9-,10-,11+,12+,13-,15-/m0/s1. The second-order valence-corrected chi connectivity index (χ2v) is 7.59. The fraction of sp³-hybridized carbons (Fsp3) is 1.00. The van der Waals surface area contributed by atoms with E-state index in [1.807, 2.05) is 0 Å². The number of hydrogen-bond donors (Lipinski definition) is 1. The van der Waals surface area contributed by atoms with Crippen LogP contribution in [-0.4, -0.2) is 10.7 Å². The zero-order valence-corrected chi connectivity index (χ0v) is 11.2. The fourth-order valence-corrected chi connectivity index (χ4v) is 5.29. The minimum absolute atomic E-state index is 0.376. The first-order valence-electron chi connectivity index (χ1n) is 7.08. The largest absolute Gasteiger partial charge is 0.390 e. The predicted octanol–water partition coefficient (Wildman–Crippen LogP) is 3.47. The van der Waals surface area contributed by atoms with Crippen LogP contribution in [-0.2, 0) is 0 Å². The van der Waals surface area contributed by atoms with Crippen molar-refractivity contribution >= 4 is 0 Å². The van der Waals surface area contributed by atoms with Crippen LogP contribution >= 0.6 is 0 Å². The molecule has 1 N–H and O–H groups in total. The van der Waals surface area contributed by atoms with Crippen LogP contribution in [0.2, 0.25) is 0 Å². The second kappa shape index (κ2) is 3.04. The normalized spacial score (nSPS) is 58.7. The van der Waals surface area contributed by atoms with Crippen LogP contribution in [0.4, 0.5) is 0 Å². The predicted molar refractivity (Wildman–Crippen MR) is 66.0 cm³/mol. The molecule has 1 nitrogen and oxygen atoms in total. The summed E-state index contributed by atoms with van der Waals surface area (Å²) < 4.78 is 0. The van der Waals surface area contributed by atoms with E-state index in [2.05, 4.69) is 27.7 Å². The Morgan fingerprint density at radius 1 is 1.00 bits per heavy atom. The molecule has 1 heteroatoms. The molecule has 3 aliphatic carbocycles. The van der Waals surface area contributed by atoms with E-state index >= 15 is 0 Å². The molecule has 0 radical (unpaired) electrons. The lowest BCUT2D eigenvalue weighted by atomic mass is 9.74. The van der Waals surface area contributed by atoms with Crippen LogP contribution in [0.15, 0.2) is 0 Å². The molecule has 16 heavy (non-hydrogen) atoms. The van der Waals surface area contributed by atoms with Gasteiger partial charge in [0, 0.05) is 0 Å². The van der Waals surface area contributed by atoms with Crippen LogP contribution in [0.5, 0.6) is 0 Å². The van der Waals surface area contributed by atoms with Crippen molar-refractivity contribution in [2.75, 3.05) is 0 Å². The van der Waals surface area contributed by atoms with E-state index in [1.54, 1.807) is 0 Å². The molecule has 6 atom stereocenters. The van der Waals surface area contributed by atoms with Crippen LogP contribution in [0.1, 0.15) is 53.4 Å². The van der Waals surface area contributed by atoms with E-state index in [9.17, 15) is 5.11 Å². The van der Waals surface area contributed by atoms with Crippen molar-refractivity contribution in [1.82, 2.24) is 0 Å². The van der Waals surface area contributed by atoms with Gasteiger partial charge in [-0.25, -0.2) is 0 Å². The third kappa shape index (κ3) is 1.27. The van der Waals surface area contributed by atoms with Gasteiger partial charge >= 0.3 is 0 Å². The molecule has 0 amide bonds. The molecule has 0 heterocycles. The fourth-order valence-electron chi connectivity index (χ4n) is 5.29. The Morgan fingerprint density at radius 2 is 1.69 bits per heavy atom. The Labute approximate surface area is 99.6 Å². The Balaban J connectivity index is 1.94. The van der Waals surface area contributed by atoms with Gasteiger partial charge in [0.1, 0.15) is 0 Å².